The summed E-state index contributed by atoms with van der Waals surface area (Å²) in [6.45, 7) is 10.4. The van der Waals surface area contributed by atoms with Crippen molar-refractivity contribution in [3.8, 4) is 0 Å². The van der Waals surface area contributed by atoms with E-state index in [1.807, 2.05) is 24.1 Å². The number of hydrogen-bond donors (Lipinski definition) is 0. The topological polar surface area (TPSA) is 37.2 Å². The molecule has 4 rings (SSSR count). The number of aryl methyl sites for hydroxylation is 2. The quantitative estimate of drug-likeness (QED) is 0.509. The Morgan fingerprint density at radius 2 is 1.90 bits per heavy atom. The van der Waals surface area contributed by atoms with Crippen molar-refractivity contribution in [2.75, 3.05) is 25.0 Å². The third-order valence-corrected chi connectivity index (χ3v) is 6.88. The lowest BCUT2D eigenvalue weighted by atomic mass is 9.74. The number of likely N-dealkylation sites (tertiary alicyclic amines) is 1. The maximum atomic E-state index is 4.65. The Morgan fingerprint density at radius 1 is 1.10 bits per heavy atom. The van der Waals surface area contributed by atoms with Crippen LogP contribution in [-0.2, 0) is 20.0 Å². The molecule has 160 valence electrons. The lowest BCUT2D eigenvalue weighted by molar-refractivity contribution is -0.0162. The second-order valence-corrected chi connectivity index (χ2v) is 9.01. The number of fused-ring (bicyclic) bond motifs is 1. The fourth-order valence-corrected chi connectivity index (χ4v) is 5.04. The van der Waals surface area contributed by atoms with Crippen molar-refractivity contribution in [2.24, 2.45) is 12.5 Å². The van der Waals surface area contributed by atoms with E-state index in [4.69, 9.17) is 0 Å². The molecule has 0 aliphatic carbocycles. The van der Waals surface area contributed by atoms with E-state index in [1.54, 1.807) is 0 Å². The highest BCUT2D eigenvalue weighted by atomic mass is 15.2. The number of anilines is 2. The lowest BCUT2D eigenvalue weighted by Gasteiger charge is -2.50. The van der Waals surface area contributed by atoms with E-state index in [-0.39, 0.29) is 0 Å². The minimum Gasteiger partial charge on any atom is -0.334 e. The molecule has 1 saturated heterocycles. The van der Waals surface area contributed by atoms with Gasteiger partial charge < -0.3 is 9.47 Å². The standard InChI is InChI=1S/C25H35N5/c1-6-11-25(8-3)16-30(17-25)15-19-9-10-22(20(7-2)12-19)29(5)24-13-23-21(14-26-24)27-18-28(23)4/h9-10,12-14,18H,6-8,11,15-17H2,1-5H3. The van der Waals surface area contributed by atoms with Crippen LogP contribution in [0.2, 0.25) is 0 Å². The number of hydrogen-bond acceptors (Lipinski definition) is 4. The zero-order valence-corrected chi connectivity index (χ0v) is 19.1. The van der Waals surface area contributed by atoms with Crippen LogP contribution in [0.5, 0.6) is 0 Å². The van der Waals surface area contributed by atoms with Crippen LogP contribution in [0.1, 0.15) is 51.2 Å². The Labute approximate surface area is 180 Å². The summed E-state index contributed by atoms with van der Waals surface area (Å²) in [6, 6.07) is 9.07. The average molecular weight is 406 g/mol. The van der Waals surface area contributed by atoms with Gasteiger partial charge in [0.25, 0.3) is 0 Å². The fraction of sp³-hybridized carbons (Fsp3) is 0.520. The molecule has 1 aliphatic rings. The number of benzene rings is 1. The molecule has 1 aromatic carbocycles. The van der Waals surface area contributed by atoms with Gasteiger partial charge in [-0.3, -0.25) is 4.90 Å². The van der Waals surface area contributed by atoms with Gasteiger partial charge in [-0.05, 0) is 41.9 Å². The molecule has 0 saturated carbocycles. The fourth-order valence-electron chi connectivity index (χ4n) is 5.04. The van der Waals surface area contributed by atoms with Gasteiger partial charge in [0.05, 0.1) is 18.0 Å². The number of aromatic nitrogens is 3. The first-order valence-electron chi connectivity index (χ1n) is 11.3. The molecular weight excluding hydrogens is 370 g/mol. The molecule has 3 aromatic rings. The first-order valence-corrected chi connectivity index (χ1v) is 11.3. The third kappa shape index (κ3) is 3.83. The van der Waals surface area contributed by atoms with Gasteiger partial charge in [0, 0.05) is 45.5 Å². The maximum Gasteiger partial charge on any atom is 0.134 e. The third-order valence-electron chi connectivity index (χ3n) is 6.88. The SMILES string of the molecule is CCCC1(CC)CN(Cc2ccc(N(C)c3cc4c(cn3)ncn4C)c(CC)c2)C1. The van der Waals surface area contributed by atoms with Crippen LogP contribution < -0.4 is 4.90 Å². The Balaban J connectivity index is 1.51. The summed E-state index contributed by atoms with van der Waals surface area (Å²) in [5.74, 6) is 0.948. The summed E-state index contributed by atoms with van der Waals surface area (Å²) in [5, 5.41) is 0. The summed E-state index contributed by atoms with van der Waals surface area (Å²) in [6.07, 6.45) is 8.66. The normalized spacial score (nSPS) is 16.0. The molecule has 30 heavy (non-hydrogen) atoms. The number of rotatable bonds is 8. The van der Waals surface area contributed by atoms with Crippen LogP contribution in [-0.4, -0.2) is 39.6 Å². The number of pyridine rings is 1. The van der Waals surface area contributed by atoms with Crippen molar-refractivity contribution >= 4 is 22.5 Å². The lowest BCUT2D eigenvalue weighted by Crippen LogP contribution is -2.55. The zero-order valence-electron chi connectivity index (χ0n) is 19.1. The van der Waals surface area contributed by atoms with Crippen LogP contribution in [0.15, 0.2) is 36.8 Å². The van der Waals surface area contributed by atoms with Gasteiger partial charge >= 0.3 is 0 Å². The molecule has 1 aliphatic heterocycles. The van der Waals surface area contributed by atoms with Crippen molar-refractivity contribution in [3.05, 3.63) is 47.9 Å². The maximum absolute atomic E-state index is 4.65. The van der Waals surface area contributed by atoms with Gasteiger partial charge in [0.1, 0.15) is 11.3 Å². The van der Waals surface area contributed by atoms with Crippen molar-refractivity contribution in [1.82, 2.24) is 19.4 Å². The second-order valence-electron chi connectivity index (χ2n) is 9.01. The van der Waals surface area contributed by atoms with E-state index in [9.17, 15) is 0 Å². The van der Waals surface area contributed by atoms with E-state index in [0.29, 0.717) is 5.41 Å². The van der Waals surface area contributed by atoms with Crippen molar-refractivity contribution in [2.45, 2.75) is 53.0 Å². The summed E-state index contributed by atoms with van der Waals surface area (Å²) in [5.41, 5.74) is 6.62. The van der Waals surface area contributed by atoms with Crippen LogP contribution in [0.3, 0.4) is 0 Å². The molecule has 0 N–H and O–H groups in total. The van der Waals surface area contributed by atoms with Crippen molar-refractivity contribution in [1.29, 1.82) is 0 Å². The zero-order chi connectivity index (χ0) is 21.3. The highest BCUT2D eigenvalue weighted by Crippen LogP contribution is 2.39. The molecule has 0 amide bonds. The van der Waals surface area contributed by atoms with E-state index < -0.39 is 0 Å². The van der Waals surface area contributed by atoms with E-state index in [2.05, 4.69) is 71.9 Å². The van der Waals surface area contributed by atoms with Crippen molar-refractivity contribution in [3.63, 3.8) is 0 Å². The Morgan fingerprint density at radius 3 is 2.60 bits per heavy atom. The molecule has 0 unspecified atom stereocenters. The van der Waals surface area contributed by atoms with Gasteiger partial charge in [-0.25, -0.2) is 9.97 Å². The molecule has 2 aromatic heterocycles. The highest BCUT2D eigenvalue weighted by molar-refractivity contribution is 5.79. The molecule has 5 heteroatoms. The smallest absolute Gasteiger partial charge is 0.134 e. The number of imidazole rings is 1. The summed E-state index contributed by atoms with van der Waals surface area (Å²) >= 11 is 0. The number of nitrogens with zero attached hydrogens (tertiary/aromatic N) is 5. The second kappa shape index (κ2) is 8.38. The van der Waals surface area contributed by atoms with Gasteiger partial charge in [0.15, 0.2) is 0 Å². The van der Waals surface area contributed by atoms with Crippen LogP contribution in [0.4, 0.5) is 11.5 Å². The minimum absolute atomic E-state index is 0.568. The highest BCUT2D eigenvalue weighted by Gasteiger charge is 2.40. The molecule has 0 atom stereocenters. The van der Waals surface area contributed by atoms with Crippen LogP contribution in [0.25, 0.3) is 11.0 Å². The first kappa shape index (κ1) is 20.9. The van der Waals surface area contributed by atoms with E-state index >= 15 is 0 Å². The predicted octanol–water partition coefficient (Wildman–Crippen LogP) is 5.31. The molecule has 1 fully saturated rings. The minimum atomic E-state index is 0.568. The summed E-state index contributed by atoms with van der Waals surface area (Å²) in [4.78, 5) is 13.8. The first-order chi connectivity index (χ1) is 14.5. The molecule has 0 bridgehead atoms. The van der Waals surface area contributed by atoms with E-state index in [1.165, 1.54) is 49.2 Å². The predicted molar refractivity (Wildman–Crippen MR) is 125 cm³/mol. The Kier molecular flexibility index (Phi) is 5.83. The summed E-state index contributed by atoms with van der Waals surface area (Å²) < 4.78 is 2.04. The van der Waals surface area contributed by atoms with Gasteiger partial charge in [-0.1, -0.05) is 39.3 Å². The molecule has 3 heterocycles. The average Bonchev–Trinajstić information content (AvgIpc) is 3.11. The van der Waals surface area contributed by atoms with Crippen LogP contribution >= 0.6 is 0 Å². The molecular formula is C25H35N5. The van der Waals surface area contributed by atoms with Crippen LogP contribution in [0, 0.1) is 5.41 Å². The molecule has 5 nitrogen and oxygen atoms in total. The Bertz CT molecular complexity index is 1020. The van der Waals surface area contributed by atoms with Crippen molar-refractivity contribution < 1.29 is 0 Å². The van der Waals surface area contributed by atoms with E-state index in [0.717, 1.165) is 29.8 Å². The Hall–Kier alpha value is -2.40. The van der Waals surface area contributed by atoms with Gasteiger partial charge in [0.2, 0.25) is 0 Å². The largest absolute Gasteiger partial charge is 0.334 e. The van der Waals surface area contributed by atoms with Gasteiger partial charge in [-0.15, -0.1) is 0 Å². The van der Waals surface area contributed by atoms with Gasteiger partial charge in [-0.2, -0.15) is 0 Å². The molecule has 0 radical (unpaired) electrons. The summed E-state index contributed by atoms with van der Waals surface area (Å²) in [7, 11) is 4.13. The molecule has 0 spiro atoms. The monoisotopic (exact) mass is 405 g/mol.